The minimum Gasteiger partial charge on any atom is -0.342 e. The first kappa shape index (κ1) is 12.6. The molecule has 0 radical (unpaired) electrons. The van der Waals surface area contributed by atoms with Gasteiger partial charge in [-0.3, -0.25) is 0 Å². The van der Waals surface area contributed by atoms with Crippen LogP contribution in [0.25, 0.3) is 11.2 Å². The fraction of sp³-hybridized carbons (Fsp3) is 0.500. The maximum absolute atomic E-state index is 4.00. The minimum absolute atomic E-state index is 0.729. The average molecular weight is 194 g/mol. The molecule has 2 aromatic heterocycles. The van der Waals surface area contributed by atoms with E-state index in [2.05, 4.69) is 19.9 Å². The van der Waals surface area contributed by atoms with Gasteiger partial charge in [-0.15, -0.1) is 0 Å². The highest BCUT2D eigenvalue weighted by atomic mass is 15.0. The number of hydrogen-bond acceptors (Lipinski definition) is 3. The summed E-state index contributed by atoms with van der Waals surface area (Å²) in [4.78, 5) is 14.9. The number of imidazole rings is 1. The Labute approximate surface area is 84.8 Å². The summed E-state index contributed by atoms with van der Waals surface area (Å²) in [7, 11) is 0. The molecule has 0 amide bonds. The normalized spacial score (nSPS) is 8.36. The third-order valence-electron chi connectivity index (χ3n) is 1.41. The van der Waals surface area contributed by atoms with Gasteiger partial charge in [0.05, 0.1) is 12.0 Å². The van der Waals surface area contributed by atoms with E-state index in [1.54, 1.807) is 6.33 Å². The molecule has 0 atom stereocenters. The van der Waals surface area contributed by atoms with Gasteiger partial charge in [0, 0.05) is 0 Å². The fourth-order valence-corrected chi connectivity index (χ4v) is 0.886. The summed E-state index contributed by atoms with van der Waals surface area (Å²) in [6.07, 6.45) is 3.13. The van der Waals surface area contributed by atoms with Crippen molar-refractivity contribution in [1.82, 2.24) is 19.9 Å². The quantitative estimate of drug-likeness (QED) is 0.701. The Morgan fingerprint density at radius 2 is 1.64 bits per heavy atom. The number of nitrogens with one attached hydrogen (secondary N) is 1. The van der Waals surface area contributed by atoms with E-state index in [4.69, 9.17) is 0 Å². The molecule has 0 aliphatic rings. The van der Waals surface area contributed by atoms with Gasteiger partial charge in [-0.1, -0.05) is 27.7 Å². The highest BCUT2D eigenvalue weighted by molar-refractivity contribution is 5.71. The lowest BCUT2D eigenvalue weighted by atomic mass is 10.4. The number of nitrogens with zero attached hydrogens (tertiary/aromatic N) is 3. The van der Waals surface area contributed by atoms with Crippen LogP contribution in [0.1, 0.15) is 33.4 Å². The fourth-order valence-electron chi connectivity index (χ4n) is 0.886. The van der Waals surface area contributed by atoms with E-state index in [9.17, 15) is 0 Å². The molecule has 4 heteroatoms. The minimum atomic E-state index is 0.729. The van der Waals surface area contributed by atoms with Crippen LogP contribution in [-0.4, -0.2) is 19.9 Å². The van der Waals surface area contributed by atoms with Gasteiger partial charge in [-0.25, -0.2) is 15.0 Å². The Morgan fingerprint density at radius 1 is 1.00 bits per heavy atom. The van der Waals surface area contributed by atoms with Crippen molar-refractivity contribution in [2.45, 2.75) is 34.6 Å². The van der Waals surface area contributed by atoms with Crippen LogP contribution in [0.2, 0.25) is 0 Å². The Morgan fingerprint density at radius 3 is 2.21 bits per heavy atom. The van der Waals surface area contributed by atoms with Gasteiger partial charge in [0.2, 0.25) is 0 Å². The number of aromatic amines is 1. The molecule has 0 saturated heterocycles. The summed E-state index contributed by atoms with van der Waals surface area (Å²) >= 11 is 0. The van der Waals surface area contributed by atoms with Crippen LogP contribution in [0.4, 0.5) is 0 Å². The van der Waals surface area contributed by atoms with E-state index in [1.807, 2.05) is 34.6 Å². The van der Waals surface area contributed by atoms with Gasteiger partial charge < -0.3 is 4.98 Å². The summed E-state index contributed by atoms with van der Waals surface area (Å²) in [5, 5.41) is 0. The smallest absolute Gasteiger partial charge is 0.180 e. The van der Waals surface area contributed by atoms with Crippen LogP contribution in [0.15, 0.2) is 12.7 Å². The Hall–Kier alpha value is -1.45. The third kappa shape index (κ3) is 2.80. The summed E-state index contributed by atoms with van der Waals surface area (Å²) in [6, 6.07) is 0. The van der Waals surface area contributed by atoms with Gasteiger partial charge in [0.1, 0.15) is 11.8 Å². The number of fused-ring (bicyclic) bond motifs is 1. The van der Waals surface area contributed by atoms with Crippen LogP contribution < -0.4 is 0 Å². The molecule has 0 aliphatic carbocycles. The number of aryl methyl sites for hydroxylation is 1. The van der Waals surface area contributed by atoms with E-state index in [1.165, 1.54) is 6.33 Å². The van der Waals surface area contributed by atoms with E-state index in [-0.39, 0.29) is 0 Å². The van der Waals surface area contributed by atoms with Crippen molar-refractivity contribution in [3.05, 3.63) is 18.3 Å². The highest BCUT2D eigenvalue weighted by Gasteiger charge is 1.98. The van der Waals surface area contributed by atoms with Crippen molar-refractivity contribution >= 4 is 11.2 Å². The predicted molar refractivity (Wildman–Crippen MR) is 59.1 cm³/mol. The largest absolute Gasteiger partial charge is 0.342 e. The van der Waals surface area contributed by atoms with Crippen molar-refractivity contribution in [1.29, 1.82) is 0 Å². The molecule has 0 fully saturated rings. The molecule has 2 rings (SSSR count). The highest BCUT2D eigenvalue weighted by Crippen LogP contribution is 2.06. The maximum Gasteiger partial charge on any atom is 0.180 e. The predicted octanol–water partition coefficient (Wildman–Crippen LogP) is 2.71. The second kappa shape index (κ2) is 7.00. The first-order chi connectivity index (χ1) is 6.88. The molecule has 0 aromatic carbocycles. The zero-order valence-corrected chi connectivity index (χ0v) is 9.50. The third-order valence-corrected chi connectivity index (χ3v) is 1.41. The van der Waals surface area contributed by atoms with Crippen LogP contribution in [0.3, 0.4) is 0 Å². The first-order valence-electron chi connectivity index (χ1n) is 4.98. The number of hydrogen-bond donors (Lipinski definition) is 1. The van der Waals surface area contributed by atoms with Crippen LogP contribution >= 0.6 is 0 Å². The molecular formula is C10H18N4. The van der Waals surface area contributed by atoms with Gasteiger partial charge >= 0.3 is 0 Å². The van der Waals surface area contributed by atoms with Crippen molar-refractivity contribution in [2.24, 2.45) is 0 Å². The number of H-pyrrole nitrogens is 1. The van der Waals surface area contributed by atoms with Gasteiger partial charge in [-0.2, -0.15) is 0 Å². The Kier molecular flexibility index (Phi) is 6.28. The van der Waals surface area contributed by atoms with E-state index in [0.29, 0.717) is 0 Å². The van der Waals surface area contributed by atoms with E-state index in [0.717, 1.165) is 16.9 Å². The van der Waals surface area contributed by atoms with Crippen molar-refractivity contribution in [3.63, 3.8) is 0 Å². The monoisotopic (exact) mass is 194 g/mol. The molecule has 0 aliphatic heterocycles. The zero-order chi connectivity index (χ0) is 11.0. The SMILES string of the molecule is CC.CC.Cc1ncnc2nc[nH]c12. The topological polar surface area (TPSA) is 54.5 Å². The molecule has 14 heavy (non-hydrogen) atoms. The van der Waals surface area contributed by atoms with Gasteiger partial charge in [0.25, 0.3) is 0 Å². The molecule has 78 valence electrons. The zero-order valence-electron chi connectivity index (χ0n) is 9.50. The van der Waals surface area contributed by atoms with Gasteiger partial charge in [-0.05, 0) is 6.92 Å². The molecule has 2 aromatic rings. The summed E-state index contributed by atoms with van der Waals surface area (Å²) in [5.41, 5.74) is 2.58. The lowest BCUT2D eigenvalue weighted by Gasteiger charge is -1.89. The van der Waals surface area contributed by atoms with Crippen molar-refractivity contribution in [2.75, 3.05) is 0 Å². The summed E-state index contributed by atoms with van der Waals surface area (Å²) in [5.74, 6) is 0. The van der Waals surface area contributed by atoms with Crippen molar-refractivity contribution in [3.8, 4) is 0 Å². The summed E-state index contributed by atoms with van der Waals surface area (Å²) in [6.45, 7) is 9.92. The van der Waals surface area contributed by atoms with Crippen LogP contribution in [0, 0.1) is 6.92 Å². The van der Waals surface area contributed by atoms with Gasteiger partial charge in [0.15, 0.2) is 5.65 Å². The molecule has 0 bridgehead atoms. The molecular weight excluding hydrogens is 176 g/mol. The second-order valence-corrected chi connectivity index (χ2v) is 2.06. The molecule has 2 heterocycles. The van der Waals surface area contributed by atoms with Crippen molar-refractivity contribution < 1.29 is 0 Å². The number of aromatic nitrogens is 4. The first-order valence-corrected chi connectivity index (χ1v) is 4.98. The average Bonchev–Trinajstić information content (AvgIpc) is 2.73. The lowest BCUT2D eigenvalue weighted by Crippen LogP contribution is -1.84. The Balaban J connectivity index is 0.000000379. The maximum atomic E-state index is 4.00. The standard InChI is InChI=1S/C6H6N4.2C2H6/c1-4-5-6(9-2-7-4)10-3-8-5;2*1-2/h2-3H,1H3,(H,7,8,9,10);2*1-2H3. The molecule has 0 saturated carbocycles. The van der Waals surface area contributed by atoms with E-state index < -0.39 is 0 Å². The summed E-state index contributed by atoms with van der Waals surface area (Å²) < 4.78 is 0. The molecule has 1 N–H and O–H groups in total. The van der Waals surface area contributed by atoms with Crippen LogP contribution in [0.5, 0.6) is 0 Å². The number of rotatable bonds is 0. The molecule has 0 unspecified atom stereocenters. The van der Waals surface area contributed by atoms with Crippen LogP contribution in [-0.2, 0) is 0 Å². The Bertz CT molecular complexity index is 354. The molecule has 4 nitrogen and oxygen atoms in total. The lowest BCUT2D eigenvalue weighted by molar-refractivity contribution is 1.14. The molecule has 0 spiro atoms. The van der Waals surface area contributed by atoms with E-state index >= 15 is 0 Å². The second-order valence-electron chi connectivity index (χ2n) is 2.06.